The highest BCUT2D eigenvalue weighted by Gasteiger charge is 1.90. The summed E-state index contributed by atoms with van der Waals surface area (Å²) in [4.78, 5) is 17.5. The first-order valence-corrected chi connectivity index (χ1v) is 5.66. The molecule has 0 fully saturated rings. The summed E-state index contributed by atoms with van der Waals surface area (Å²) in [5.41, 5.74) is 1.01. The molecule has 0 amide bonds. The van der Waals surface area contributed by atoms with Gasteiger partial charge in [0.15, 0.2) is 0 Å². The van der Waals surface area contributed by atoms with Crippen molar-refractivity contribution < 1.29 is 14.6 Å². The molecule has 1 N–H and O–H groups in total. The summed E-state index contributed by atoms with van der Waals surface area (Å²) in [5.74, 6) is -0.110. The Labute approximate surface area is 113 Å². The van der Waals surface area contributed by atoms with Crippen LogP contribution in [0.4, 0.5) is 5.69 Å². The third kappa shape index (κ3) is 8.35. The number of rotatable bonds is 4. The number of hydrogen-bond acceptors (Lipinski definition) is 4. The van der Waals surface area contributed by atoms with Gasteiger partial charge >= 0.3 is 5.97 Å². The van der Waals surface area contributed by atoms with Crippen molar-refractivity contribution in [3.63, 3.8) is 0 Å². The van der Waals surface area contributed by atoms with Crippen molar-refractivity contribution in [2.45, 2.75) is 13.8 Å². The summed E-state index contributed by atoms with van der Waals surface area (Å²) in [6.45, 7) is 7.25. The Morgan fingerprint density at radius 2 is 1.95 bits per heavy atom. The Kier molecular flexibility index (Phi) is 8.41. The fourth-order valence-corrected chi connectivity index (χ4v) is 0.821. The van der Waals surface area contributed by atoms with E-state index in [1.54, 1.807) is 7.11 Å². The van der Waals surface area contributed by atoms with Gasteiger partial charge in [0.1, 0.15) is 5.75 Å². The molecule has 0 unspecified atom stereocenters. The summed E-state index contributed by atoms with van der Waals surface area (Å²) in [6.07, 6.45) is 0. The van der Waals surface area contributed by atoms with Gasteiger partial charge < -0.3 is 9.84 Å². The number of nitrogens with zero attached hydrogens (tertiary/aromatic N) is 2. The van der Waals surface area contributed by atoms with Gasteiger partial charge in [0.05, 0.1) is 18.8 Å². The van der Waals surface area contributed by atoms with Crippen molar-refractivity contribution in [3.05, 3.63) is 36.4 Å². The predicted molar refractivity (Wildman–Crippen MR) is 75.5 cm³/mol. The van der Waals surface area contributed by atoms with Crippen molar-refractivity contribution in [3.8, 4) is 5.75 Å². The molecule has 0 heterocycles. The molecule has 0 aliphatic rings. The highest BCUT2D eigenvalue weighted by Crippen LogP contribution is 2.16. The molecule has 1 aromatic rings. The van der Waals surface area contributed by atoms with Crippen LogP contribution in [0.25, 0.3) is 0 Å². The van der Waals surface area contributed by atoms with Gasteiger partial charge in [-0.15, -0.1) is 0 Å². The molecule has 0 saturated heterocycles. The predicted octanol–water partition coefficient (Wildman–Crippen LogP) is 3.17. The van der Waals surface area contributed by atoms with Crippen LogP contribution in [0.2, 0.25) is 0 Å². The van der Waals surface area contributed by atoms with Crippen LogP contribution in [-0.2, 0) is 4.79 Å². The van der Waals surface area contributed by atoms with E-state index in [1.807, 2.05) is 31.2 Å². The average Bonchev–Trinajstić information content (AvgIpc) is 2.40. The van der Waals surface area contributed by atoms with Gasteiger partial charge in [-0.25, -0.2) is 9.79 Å². The zero-order valence-electron chi connectivity index (χ0n) is 11.4. The fraction of sp³-hybridized carbons (Fsp3) is 0.286. The molecule has 0 aliphatic carbocycles. The minimum atomic E-state index is -0.935. The van der Waals surface area contributed by atoms with E-state index in [2.05, 4.69) is 22.6 Å². The van der Waals surface area contributed by atoms with Gasteiger partial charge in [0, 0.05) is 12.1 Å². The zero-order valence-corrected chi connectivity index (χ0v) is 11.4. The molecular weight excluding hydrogens is 244 g/mol. The largest absolute Gasteiger partial charge is 0.497 e. The molecule has 0 aromatic heterocycles. The molecule has 0 atom stereocenters. The fourth-order valence-electron chi connectivity index (χ4n) is 0.821. The third-order valence-corrected chi connectivity index (χ3v) is 1.85. The minimum absolute atomic E-state index is 0.176. The Morgan fingerprint density at radius 3 is 2.32 bits per heavy atom. The van der Waals surface area contributed by atoms with Crippen LogP contribution < -0.4 is 4.74 Å². The number of carboxylic acid groups (broad SMARTS) is 1. The molecule has 1 aromatic carbocycles. The number of carboxylic acids is 1. The van der Waals surface area contributed by atoms with Crippen LogP contribution in [0.3, 0.4) is 0 Å². The van der Waals surface area contributed by atoms with Crippen molar-refractivity contribution >= 4 is 17.7 Å². The smallest absolute Gasteiger partial charge is 0.330 e. The SMILES string of the molecule is C=C(C)C(=O)O.CCN=C=Nc1ccc(OC)cc1. The van der Waals surface area contributed by atoms with Crippen LogP contribution in [0, 0.1) is 0 Å². The summed E-state index contributed by atoms with van der Waals surface area (Å²) >= 11 is 0. The number of carbonyl (C=O) groups is 1. The summed E-state index contributed by atoms with van der Waals surface area (Å²) in [7, 11) is 1.64. The van der Waals surface area contributed by atoms with Crippen molar-refractivity contribution in [2.24, 2.45) is 9.98 Å². The van der Waals surface area contributed by atoms with Crippen LogP contribution in [0.5, 0.6) is 5.75 Å². The third-order valence-electron chi connectivity index (χ3n) is 1.85. The molecular formula is C14H18N2O3. The lowest BCUT2D eigenvalue weighted by molar-refractivity contribution is -0.132. The quantitative estimate of drug-likeness (QED) is 0.669. The highest BCUT2D eigenvalue weighted by molar-refractivity contribution is 5.84. The van der Waals surface area contributed by atoms with E-state index in [0.717, 1.165) is 11.4 Å². The van der Waals surface area contributed by atoms with Gasteiger partial charge in [-0.3, -0.25) is 0 Å². The highest BCUT2D eigenvalue weighted by atomic mass is 16.5. The second-order valence-electron chi connectivity index (χ2n) is 3.47. The van der Waals surface area contributed by atoms with E-state index in [0.29, 0.717) is 6.54 Å². The Balaban J connectivity index is 0.000000459. The van der Waals surface area contributed by atoms with Crippen molar-refractivity contribution in [1.29, 1.82) is 0 Å². The lowest BCUT2D eigenvalue weighted by Gasteiger charge is -1.97. The zero-order chi connectivity index (χ0) is 14.7. The number of benzene rings is 1. The summed E-state index contributed by atoms with van der Waals surface area (Å²) in [5, 5.41) is 7.89. The number of ether oxygens (including phenoxy) is 1. The van der Waals surface area contributed by atoms with Gasteiger partial charge in [0.25, 0.3) is 0 Å². The number of hydrogen-bond donors (Lipinski definition) is 1. The summed E-state index contributed by atoms with van der Waals surface area (Å²) in [6, 6.07) is 10.0. The van der Waals surface area contributed by atoms with Gasteiger partial charge in [-0.1, -0.05) is 6.58 Å². The van der Waals surface area contributed by atoms with Gasteiger partial charge in [-0.05, 0) is 38.1 Å². The standard InChI is InChI=1S/C10H12N2O.C4H6O2/c1-3-11-8-12-9-4-6-10(13-2)7-5-9;1-3(2)4(5)6/h4-7H,3H2,1-2H3;1H2,2H3,(H,5,6). The number of aliphatic carboxylic acids is 1. The van der Waals surface area contributed by atoms with E-state index in [-0.39, 0.29) is 5.57 Å². The molecule has 19 heavy (non-hydrogen) atoms. The molecule has 5 heteroatoms. The second kappa shape index (κ2) is 9.62. The molecule has 0 bridgehead atoms. The molecule has 0 spiro atoms. The lowest BCUT2D eigenvalue weighted by atomic mass is 10.3. The second-order valence-corrected chi connectivity index (χ2v) is 3.47. The first-order chi connectivity index (χ1) is 9.01. The van der Waals surface area contributed by atoms with E-state index in [9.17, 15) is 4.79 Å². The van der Waals surface area contributed by atoms with Crippen molar-refractivity contribution in [2.75, 3.05) is 13.7 Å². The van der Waals surface area contributed by atoms with Crippen LogP contribution in [0.15, 0.2) is 46.4 Å². The van der Waals surface area contributed by atoms with Gasteiger partial charge in [-0.2, -0.15) is 4.99 Å². The van der Waals surface area contributed by atoms with E-state index in [1.165, 1.54) is 6.92 Å². The Bertz CT molecular complexity index is 460. The molecule has 0 radical (unpaired) electrons. The normalized spacial score (nSPS) is 8.37. The topological polar surface area (TPSA) is 71.2 Å². The number of methoxy groups -OCH3 is 1. The van der Waals surface area contributed by atoms with Crippen LogP contribution in [0.1, 0.15) is 13.8 Å². The number of aliphatic imine (C=N–C) groups is 2. The minimum Gasteiger partial charge on any atom is -0.497 e. The first-order valence-electron chi connectivity index (χ1n) is 5.66. The summed E-state index contributed by atoms with van der Waals surface area (Å²) < 4.78 is 5.01. The van der Waals surface area contributed by atoms with Crippen molar-refractivity contribution in [1.82, 2.24) is 0 Å². The molecule has 5 nitrogen and oxygen atoms in total. The van der Waals surface area contributed by atoms with Crippen LogP contribution in [-0.4, -0.2) is 30.7 Å². The maximum atomic E-state index is 9.60. The molecule has 102 valence electrons. The molecule has 0 saturated carbocycles. The van der Waals surface area contributed by atoms with Gasteiger partial charge in [0.2, 0.25) is 0 Å². The van der Waals surface area contributed by atoms with Crippen LogP contribution >= 0.6 is 0 Å². The Hall–Kier alpha value is -2.39. The average molecular weight is 262 g/mol. The first kappa shape index (κ1) is 16.6. The van der Waals surface area contributed by atoms with E-state index in [4.69, 9.17) is 9.84 Å². The van der Waals surface area contributed by atoms with E-state index < -0.39 is 5.97 Å². The lowest BCUT2D eigenvalue weighted by Crippen LogP contribution is -1.92. The van der Waals surface area contributed by atoms with E-state index >= 15 is 0 Å². The maximum Gasteiger partial charge on any atom is 0.330 e. The monoisotopic (exact) mass is 262 g/mol. The maximum absolute atomic E-state index is 9.60. The Morgan fingerprint density at radius 1 is 1.42 bits per heavy atom. The molecule has 1 rings (SSSR count). The molecule has 0 aliphatic heterocycles.